The first-order chi connectivity index (χ1) is 10.1. The normalized spacial score (nSPS) is 17.9. The van der Waals surface area contributed by atoms with Crippen molar-refractivity contribution < 1.29 is 9.90 Å². The molecule has 1 amide bonds. The second-order valence-electron chi connectivity index (χ2n) is 5.44. The number of rotatable bonds is 3. The summed E-state index contributed by atoms with van der Waals surface area (Å²) < 4.78 is 0. The van der Waals surface area contributed by atoms with Crippen LogP contribution in [0.2, 0.25) is 0 Å². The predicted octanol–water partition coefficient (Wildman–Crippen LogP) is 0.973. The molecule has 0 aliphatic carbocycles. The summed E-state index contributed by atoms with van der Waals surface area (Å²) >= 11 is 0. The highest BCUT2D eigenvalue weighted by Crippen LogP contribution is 2.11. The van der Waals surface area contributed by atoms with Crippen molar-refractivity contribution in [1.29, 1.82) is 5.26 Å². The molecule has 0 spiro atoms. The largest absolute Gasteiger partial charge is 0.384 e. The number of aliphatic hydroxyl groups excluding tert-OH is 1. The van der Waals surface area contributed by atoms with Crippen molar-refractivity contribution in [2.45, 2.75) is 26.0 Å². The molecule has 1 aromatic rings. The van der Waals surface area contributed by atoms with Crippen LogP contribution in [0.15, 0.2) is 24.3 Å². The van der Waals surface area contributed by atoms with Crippen molar-refractivity contribution in [1.82, 2.24) is 9.80 Å². The zero-order valence-corrected chi connectivity index (χ0v) is 12.3. The maximum Gasteiger partial charge on any atom is 0.251 e. The van der Waals surface area contributed by atoms with Gasteiger partial charge in [-0.05, 0) is 31.0 Å². The smallest absolute Gasteiger partial charge is 0.251 e. The summed E-state index contributed by atoms with van der Waals surface area (Å²) in [5, 5.41) is 18.2. The second kappa shape index (κ2) is 7.21. The summed E-state index contributed by atoms with van der Waals surface area (Å²) in [5.74, 6) is -0.185. The van der Waals surface area contributed by atoms with Gasteiger partial charge in [0.15, 0.2) is 0 Å². The van der Waals surface area contributed by atoms with Gasteiger partial charge < -0.3 is 10.0 Å². The van der Waals surface area contributed by atoms with Crippen LogP contribution in [0, 0.1) is 11.3 Å². The first-order valence-electron chi connectivity index (χ1n) is 7.28. The van der Waals surface area contributed by atoms with Gasteiger partial charge in [-0.1, -0.05) is 12.1 Å². The number of carbonyl (C=O) groups excluding carboxylic acids is 1. The van der Waals surface area contributed by atoms with Crippen LogP contribution in [-0.4, -0.2) is 53.1 Å². The van der Waals surface area contributed by atoms with E-state index in [0.717, 1.165) is 26.1 Å². The molecule has 1 aromatic carbocycles. The van der Waals surface area contributed by atoms with Gasteiger partial charge in [-0.2, -0.15) is 5.26 Å². The number of hydrogen-bond donors (Lipinski definition) is 1. The van der Waals surface area contributed by atoms with E-state index >= 15 is 0 Å². The van der Waals surface area contributed by atoms with Crippen LogP contribution in [-0.2, 0) is 11.3 Å². The molecule has 21 heavy (non-hydrogen) atoms. The number of amides is 1. The van der Waals surface area contributed by atoms with Crippen molar-refractivity contribution in [2.24, 2.45) is 0 Å². The molecular formula is C16H21N3O2. The minimum Gasteiger partial charge on any atom is -0.384 e. The Bertz CT molecular complexity index is 519. The van der Waals surface area contributed by atoms with Crippen molar-refractivity contribution in [2.75, 3.05) is 26.2 Å². The quantitative estimate of drug-likeness (QED) is 0.899. The Labute approximate surface area is 125 Å². The van der Waals surface area contributed by atoms with Crippen LogP contribution < -0.4 is 0 Å². The van der Waals surface area contributed by atoms with E-state index in [1.807, 2.05) is 24.3 Å². The fourth-order valence-electron chi connectivity index (χ4n) is 2.56. The minimum atomic E-state index is -0.921. The van der Waals surface area contributed by atoms with Crippen LogP contribution in [0.4, 0.5) is 0 Å². The molecule has 5 nitrogen and oxygen atoms in total. The summed E-state index contributed by atoms with van der Waals surface area (Å²) in [6, 6.07) is 9.72. The van der Waals surface area contributed by atoms with Crippen LogP contribution in [0.1, 0.15) is 24.5 Å². The Kier molecular flexibility index (Phi) is 5.32. The van der Waals surface area contributed by atoms with Gasteiger partial charge in [-0.25, -0.2) is 0 Å². The Balaban J connectivity index is 1.91. The van der Waals surface area contributed by atoms with Gasteiger partial charge in [-0.3, -0.25) is 9.69 Å². The summed E-state index contributed by atoms with van der Waals surface area (Å²) in [6.07, 6.45) is -0.00978. The molecule has 5 heteroatoms. The first kappa shape index (κ1) is 15.5. The van der Waals surface area contributed by atoms with Crippen LogP contribution in [0.5, 0.6) is 0 Å². The van der Waals surface area contributed by atoms with E-state index in [0.29, 0.717) is 18.7 Å². The molecule has 1 heterocycles. The Hall–Kier alpha value is -1.90. The highest BCUT2D eigenvalue weighted by molar-refractivity contribution is 5.80. The zero-order valence-electron chi connectivity index (χ0n) is 12.3. The van der Waals surface area contributed by atoms with Gasteiger partial charge >= 0.3 is 0 Å². The van der Waals surface area contributed by atoms with E-state index in [-0.39, 0.29) is 5.91 Å². The summed E-state index contributed by atoms with van der Waals surface area (Å²) in [5.41, 5.74) is 1.84. The Morgan fingerprint density at radius 1 is 1.29 bits per heavy atom. The van der Waals surface area contributed by atoms with Crippen LogP contribution in [0.3, 0.4) is 0 Å². The average Bonchev–Trinajstić information content (AvgIpc) is 2.73. The lowest BCUT2D eigenvalue weighted by molar-refractivity contribution is -0.139. The molecule has 0 bridgehead atoms. The van der Waals surface area contributed by atoms with Crippen molar-refractivity contribution in [3.05, 3.63) is 35.4 Å². The maximum atomic E-state index is 11.8. The minimum absolute atomic E-state index is 0.185. The highest BCUT2D eigenvalue weighted by atomic mass is 16.3. The number of nitrogens with zero attached hydrogens (tertiary/aromatic N) is 3. The van der Waals surface area contributed by atoms with Gasteiger partial charge in [0.05, 0.1) is 11.6 Å². The van der Waals surface area contributed by atoms with E-state index in [9.17, 15) is 9.90 Å². The molecule has 1 unspecified atom stereocenters. The van der Waals surface area contributed by atoms with Gasteiger partial charge in [-0.15, -0.1) is 0 Å². The fraction of sp³-hybridized carbons (Fsp3) is 0.500. The van der Waals surface area contributed by atoms with E-state index in [1.54, 1.807) is 4.90 Å². The molecule has 1 N–H and O–H groups in total. The van der Waals surface area contributed by atoms with Crippen LogP contribution in [0.25, 0.3) is 0 Å². The average molecular weight is 287 g/mol. The number of hydrogen-bond acceptors (Lipinski definition) is 4. The number of benzene rings is 1. The molecule has 0 radical (unpaired) electrons. The molecule has 1 fully saturated rings. The monoisotopic (exact) mass is 287 g/mol. The third kappa shape index (κ3) is 4.28. The van der Waals surface area contributed by atoms with E-state index in [1.165, 1.54) is 12.5 Å². The summed E-state index contributed by atoms with van der Waals surface area (Å²) in [7, 11) is 0. The Morgan fingerprint density at radius 2 is 2.00 bits per heavy atom. The van der Waals surface area contributed by atoms with E-state index in [4.69, 9.17) is 5.26 Å². The molecule has 1 aliphatic rings. The maximum absolute atomic E-state index is 11.8. The first-order valence-corrected chi connectivity index (χ1v) is 7.28. The number of aliphatic hydroxyl groups is 1. The topological polar surface area (TPSA) is 67.6 Å². The van der Waals surface area contributed by atoms with Crippen molar-refractivity contribution in [3.63, 3.8) is 0 Å². The Morgan fingerprint density at radius 3 is 2.62 bits per heavy atom. The standard InChI is InChI=1S/C16H21N3O2/c1-13(20)16(21)19-8-2-7-18(9-10-19)12-15-5-3-14(11-17)4-6-15/h3-6,13,20H,2,7-10,12H2,1H3. The number of carbonyl (C=O) groups is 1. The van der Waals surface area contributed by atoms with E-state index < -0.39 is 6.10 Å². The lowest BCUT2D eigenvalue weighted by Gasteiger charge is -2.23. The molecular weight excluding hydrogens is 266 g/mol. The molecule has 1 aliphatic heterocycles. The lowest BCUT2D eigenvalue weighted by Crippen LogP contribution is -2.40. The summed E-state index contributed by atoms with van der Waals surface area (Å²) in [6.45, 7) is 5.43. The lowest BCUT2D eigenvalue weighted by atomic mass is 10.1. The van der Waals surface area contributed by atoms with Gasteiger partial charge in [0.25, 0.3) is 5.91 Å². The SMILES string of the molecule is CC(O)C(=O)N1CCCN(Cc2ccc(C#N)cc2)CC1. The third-order valence-corrected chi connectivity index (χ3v) is 3.75. The molecule has 1 atom stereocenters. The van der Waals surface area contributed by atoms with Crippen molar-refractivity contribution in [3.8, 4) is 6.07 Å². The van der Waals surface area contributed by atoms with Gasteiger partial charge in [0.2, 0.25) is 0 Å². The highest BCUT2D eigenvalue weighted by Gasteiger charge is 2.21. The second-order valence-corrected chi connectivity index (χ2v) is 5.44. The fourth-order valence-corrected chi connectivity index (χ4v) is 2.56. The molecule has 112 valence electrons. The predicted molar refractivity (Wildman–Crippen MR) is 79.3 cm³/mol. The molecule has 0 aromatic heterocycles. The molecule has 0 saturated carbocycles. The van der Waals surface area contributed by atoms with Gasteiger partial charge in [0, 0.05) is 32.7 Å². The third-order valence-electron chi connectivity index (χ3n) is 3.75. The zero-order chi connectivity index (χ0) is 15.2. The molecule has 1 saturated heterocycles. The van der Waals surface area contributed by atoms with Gasteiger partial charge in [0.1, 0.15) is 6.10 Å². The van der Waals surface area contributed by atoms with Crippen molar-refractivity contribution >= 4 is 5.91 Å². The molecule has 2 rings (SSSR count). The summed E-state index contributed by atoms with van der Waals surface area (Å²) in [4.78, 5) is 15.9. The van der Waals surface area contributed by atoms with Crippen LogP contribution >= 0.6 is 0 Å². The number of nitriles is 1. The van der Waals surface area contributed by atoms with E-state index in [2.05, 4.69) is 11.0 Å².